The molecule has 7 heavy (non-hydrogen) atoms. The molecule has 0 unspecified atom stereocenters. The first-order valence-corrected chi connectivity index (χ1v) is 4.41. The standard InChI is InChI=1S/C4H9O2P/c1-7(2)3-4(5)6/h3H2,1-2H3,(H,5,6). The van der Waals surface area contributed by atoms with Gasteiger partial charge in [-0.2, -0.15) is 0 Å². The number of carboxylic acid groups (broad SMARTS) is 1. The van der Waals surface area contributed by atoms with Gasteiger partial charge in [0.15, 0.2) is 0 Å². The van der Waals surface area contributed by atoms with E-state index in [4.69, 9.17) is 5.11 Å². The van der Waals surface area contributed by atoms with Crippen LogP contribution >= 0.6 is 7.92 Å². The number of carbonyl (C=O) groups is 1. The Hall–Kier alpha value is -0.100. The zero-order chi connectivity index (χ0) is 5.86. The minimum Gasteiger partial charge on any atom is -0.481 e. The molecule has 0 aromatic carbocycles. The van der Waals surface area contributed by atoms with Gasteiger partial charge in [-0.15, -0.1) is 7.92 Å². The van der Waals surface area contributed by atoms with E-state index in [1.807, 2.05) is 13.3 Å². The third kappa shape index (κ3) is 5.90. The summed E-state index contributed by atoms with van der Waals surface area (Å²) < 4.78 is 0. The molecular formula is C4H9O2P. The Morgan fingerprint density at radius 2 is 2.14 bits per heavy atom. The van der Waals surface area contributed by atoms with Gasteiger partial charge in [-0.25, -0.2) is 0 Å². The fourth-order valence-corrected chi connectivity index (χ4v) is 0.812. The molecule has 0 aromatic heterocycles. The van der Waals surface area contributed by atoms with Crippen LogP contribution in [0.2, 0.25) is 0 Å². The highest BCUT2D eigenvalue weighted by molar-refractivity contribution is 7.56. The van der Waals surface area contributed by atoms with Crippen molar-refractivity contribution in [3.63, 3.8) is 0 Å². The van der Waals surface area contributed by atoms with E-state index in [-0.39, 0.29) is 7.92 Å². The van der Waals surface area contributed by atoms with E-state index < -0.39 is 5.97 Å². The van der Waals surface area contributed by atoms with Crippen LogP contribution in [0.15, 0.2) is 0 Å². The Morgan fingerprint density at radius 1 is 1.71 bits per heavy atom. The van der Waals surface area contributed by atoms with Gasteiger partial charge < -0.3 is 5.11 Å². The van der Waals surface area contributed by atoms with Gasteiger partial charge in [0.25, 0.3) is 0 Å². The van der Waals surface area contributed by atoms with Crippen molar-refractivity contribution in [1.82, 2.24) is 0 Å². The molecule has 0 aliphatic heterocycles. The largest absolute Gasteiger partial charge is 0.481 e. The van der Waals surface area contributed by atoms with Crippen molar-refractivity contribution < 1.29 is 9.90 Å². The molecular weight excluding hydrogens is 111 g/mol. The summed E-state index contributed by atoms with van der Waals surface area (Å²) in [6, 6.07) is 0. The summed E-state index contributed by atoms with van der Waals surface area (Å²) in [4.78, 5) is 9.83. The highest BCUT2D eigenvalue weighted by Crippen LogP contribution is 2.22. The summed E-state index contributed by atoms with van der Waals surface area (Å²) in [6.45, 7) is 3.90. The highest BCUT2D eigenvalue weighted by atomic mass is 31.1. The minimum absolute atomic E-state index is 0.239. The van der Waals surface area contributed by atoms with Gasteiger partial charge in [-0.3, -0.25) is 4.79 Å². The number of carboxylic acids is 1. The summed E-state index contributed by atoms with van der Waals surface area (Å²) in [6.07, 6.45) is 0.343. The Balaban J connectivity index is 3.13. The molecule has 0 radical (unpaired) electrons. The first kappa shape index (κ1) is 6.90. The number of aliphatic carboxylic acids is 1. The van der Waals surface area contributed by atoms with E-state index >= 15 is 0 Å². The molecule has 0 heterocycles. The Labute approximate surface area is 44.3 Å². The third-order valence-electron chi connectivity index (χ3n) is 0.451. The quantitative estimate of drug-likeness (QED) is 0.547. The Kier molecular flexibility index (Phi) is 2.93. The maximum atomic E-state index is 9.83. The zero-order valence-corrected chi connectivity index (χ0v) is 5.40. The predicted molar refractivity (Wildman–Crippen MR) is 31.3 cm³/mol. The second kappa shape index (κ2) is 2.98. The van der Waals surface area contributed by atoms with Crippen LogP contribution in [0.5, 0.6) is 0 Å². The Morgan fingerprint density at radius 3 is 2.14 bits per heavy atom. The molecule has 0 rings (SSSR count). The molecule has 0 fully saturated rings. The van der Waals surface area contributed by atoms with Crippen molar-refractivity contribution in [3.05, 3.63) is 0 Å². The number of hydrogen-bond donors (Lipinski definition) is 1. The summed E-state index contributed by atoms with van der Waals surface area (Å²) in [7, 11) is -0.239. The minimum atomic E-state index is -0.684. The lowest BCUT2D eigenvalue weighted by atomic mass is 10.8. The van der Waals surface area contributed by atoms with Crippen LogP contribution in [-0.2, 0) is 4.79 Å². The predicted octanol–water partition coefficient (Wildman–Crippen LogP) is 0.812. The van der Waals surface area contributed by atoms with Crippen LogP contribution in [0.1, 0.15) is 0 Å². The summed E-state index contributed by atoms with van der Waals surface area (Å²) >= 11 is 0. The molecule has 0 saturated heterocycles. The van der Waals surface area contributed by atoms with Gasteiger partial charge >= 0.3 is 5.97 Å². The maximum absolute atomic E-state index is 9.83. The topological polar surface area (TPSA) is 37.3 Å². The molecule has 0 saturated carbocycles. The number of rotatable bonds is 2. The van der Waals surface area contributed by atoms with Crippen molar-refractivity contribution in [2.75, 3.05) is 19.5 Å². The summed E-state index contributed by atoms with van der Waals surface area (Å²) in [5.41, 5.74) is 0. The van der Waals surface area contributed by atoms with Crippen LogP contribution in [0.4, 0.5) is 0 Å². The first-order chi connectivity index (χ1) is 3.13. The van der Waals surface area contributed by atoms with Crippen molar-refractivity contribution in [1.29, 1.82) is 0 Å². The van der Waals surface area contributed by atoms with Gasteiger partial charge in [0.1, 0.15) is 0 Å². The van der Waals surface area contributed by atoms with Crippen LogP contribution in [0, 0.1) is 0 Å². The fourth-order valence-electron chi connectivity index (χ4n) is 0.271. The molecule has 0 aliphatic carbocycles. The zero-order valence-electron chi connectivity index (χ0n) is 4.51. The average Bonchev–Trinajstić information content (AvgIpc) is 1.27. The van der Waals surface area contributed by atoms with E-state index in [1.54, 1.807) is 0 Å². The second-order valence-corrected chi connectivity index (χ2v) is 4.11. The van der Waals surface area contributed by atoms with Gasteiger partial charge in [-0.1, -0.05) is 0 Å². The van der Waals surface area contributed by atoms with Crippen LogP contribution in [-0.4, -0.2) is 30.6 Å². The highest BCUT2D eigenvalue weighted by Gasteiger charge is 1.97. The smallest absolute Gasteiger partial charge is 0.307 e. The second-order valence-electron chi connectivity index (χ2n) is 1.63. The maximum Gasteiger partial charge on any atom is 0.307 e. The SMILES string of the molecule is CP(C)CC(=O)O. The molecule has 0 amide bonds. The normalized spacial score (nSPS) is 9.57. The van der Waals surface area contributed by atoms with Crippen LogP contribution in [0.3, 0.4) is 0 Å². The molecule has 0 aromatic rings. The fraction of sp³-hybridized carbons (Fsp3) is 0.750. The number of hydrogen-bond acceptors (Lipinski definition) is 1. The van der Waals surface area contributed by atoms with Crippen LogP contribution in [0.25, 0.3) is 0 Å². The van der Waals surface area contributed by atoms with E-state index in [9.17, 15) is 4.79 Å². The lowest BCUT2D eigenvalue weighted by molar-refractivity contribution is -0.134. The lowest BCUT2D eigenvalue weighted by Gasteiger charge is -1.95. The Bertz CT molecular complexity index is 70.1. The summed E-state index contributed by atoms with van der Waals surface area (Å²) in [5, 5.41) is 8.10. The molecule has 1 N–H and O–H groups in total. The monoisotopic (exact) mass is 120 g/mol. The molecule has 0 bridgehead atoms. The van der Waals surface area contributed by atoms with E-state index in [0.29, 0.717) is 6.16 Å². The van der Waals surface area contributed by atoms with Gasteiger partial charge in [0.2, 0.25) is 0 Å². The van der Waals surface area contributed by atoms with Gasteiger partial charge in [0.05, 0.1) is 6.16 Å². The molecule has 3 heteroatoms. The first-order valence-electron chi connectivity index (χ1n) is 1.99. The lowest BCUT2D eigenvalue weighted by Crippen LogP contribution is -1.98. The van der Waals surface area contributed by atoms with Gasteiger partial charge in [0, 0.05) is 0 Å². The van der Waals surface area contributed by atoms with Crippen molar-refractivity contribution in [3.8, 4) is 0 Å². The average molecular weight is 120 g/mol. The van der Waals surface area contributed by atoms with Crippen molar-refractivity contribution >= 4 is 13.9 Å². The molecule has 0 atom stereocenters. The van der Waals surface area contributed by atoms with Gasteiger partial charge in [-0.05, 0) is 13.3 Å². The van der Waals surface area contributed by atoms with Crippen LogP contribution < -0.4 is 0 Å². The van der Waals surface area contributed by atoms with E-state index in [0.717, 1.165) is 0 Å². The van der Waals surface area contributed by atoms with Crippen molar-refractivity contribution in [2.45, 2.75) is 0 Å². The molecule has 42 valence electrons. The summed E-state index contributed by atoms with van der Waals surface area (Å²) in [5.74, 6) is -0.684. The third-order valence-corrected chi connectivity index (χ3v) is 1.35. The molecule has 2 nitrogen and oxygen atoms in total. The van der Waals surface area contributed by atoms with E-state index in [2.05, 4.69) is 0 Å². The molecule has 0 aliphatic rings. The van der Waals surface area contributed by atoms with Crippen molar-refractivity contribution in [2.24, 2.45) is 0 Å². The molecule has 0 spiro atoms. The van der Waals surface area contributed by atoms with E-state index in [1.165, 1.54) is 0 Å².